The zero-order chi connectivity index (χ0) is 14.5. The van der Waals surface area contributed by atoms with Gasteiger partial charge in [-0.05, 0) is 0 Å². The molecule has 20 heavy (non-hydrogen) atoms. The fraction of sp³-hybridized carbons (Fsp3) is 0.286. The number of nitrogens with zero attached hydrogens (tertiary/aromatic N) is 4. The molecule has 0 aliphatic carbocycles. The third-order valence-electron chi connectivity index (χ3n) is 2.74. The molecule has 6 heteroatoms. The summed E-state index contributed by atoms with van der Waals surface area (Å²) in [5.74, 6) is 6.09. The highest BCUT2D eigenvalue weighted by Gasteiger charge is 2.07. The summed E-state index contributed by atoms with van der Waals surface area (Å²) in [5, 5.41) is 13.5. The predicted molar refractivity (Wildman–Crippen MR) is 78.8 cm³/mol. The molecule has 0 unspecified atom stereocenters. The summed E-state index contributed by atoms with van der Waals surface area (Å²) in [4.78, 5) is 5.94. The van der Waals surface area contributed by atoms with Crippen molar-refractivity contribution in [2.24, 2.45) is 7.05 Å². The smallest absolute Gasteiger partial charge is 0.131 e. The van der Waals surface area contributed by atoms with Gasteiger partial charge in [-0.1, -0.05) is 23.4 Å². The Morgan fingerprint density at radius 2 is 2.20 bits per heavy atom. The van der Waals surface area contributed by atoms with Gasteiger partial charge in [0.25, 0.3) is 0 Å². The minimum absolute atomic E-state index is 0.0614. The number of pyridine rings is 1. The van der Waals surface area contributed by atoms with E-state index in [4.69, 9.17) is 16.7 Å². The van der Waals surface area contributed by atoms with E-state index in [1.807, 2.05) is 25.2 Å². The van der Waals surface area contributed by atoms with Gasteiger partial charge in [0.2, 0.25) is 0 Å². The Bertz CT molecular complexity index is 657. The van der Waals surface area contributed by atoms with E-state index in [0.29, 0.717) is 11.7 Å². The number of aromatic nitrogens is 3. The molecule has 0 atom stereocenters. The van der Waals surface area contributed by atoms with Crippen molar-refractivity contribution in [2.45, 2.75) is 0 Å². The van der Waals surface area contributed by atoms with Crippen LogP contribution in [0.15, 0.2) is 24.7 Å². The first-order valence-electron chi connectivity index (χ1n) is 6.08. The van der Waals surface area contributed by atoms with Gasteiger partial charge in [-0.15, -0.1) is 0 Å². The van der Waals surface area contributed by atoms with Crippen molar-refractivity contribution >= 4 is 17.3 Å². The van der Waals surface area contributed by atoms with Crippen LogP contribution in [-0.2, 0) is 7.05 Å². The van der Waals surface area contributed by atoms with E-state index < -0.39 is 0 Å². The second-order valence-electron chi connectivity index (χ2n) is 4.32. The molecule has 0 saturated carbocycles. The van der Waals surface area contributed by atoms with E-state index in [1.54, 1.807) is 23.1 Å². The normalized spacial score (nSPS) is 10.0. The zero-order valence-corrected chi connectivity index (χ0v) is 12.1. The minimum Gasteiger partial charge on any atom is -0.395 e. The summed E-state index contributed by atoms with van der Waals surface area (Å²) >= 11 is 5.92. The van der Waals surface area contributed by atoms with Crippen molar-refractivity contribution in [3.63, 3.8) is 0 Å². The fourth-order valence-electron chi connectivity index (χ4n) is 1.73. The van der Waals surface area contributed by atoms with E-state index in [1.165, 1.54) is 0 Å². The zero-order valence-electron chi connectivity index (χ0n) is 11.3. The summed E-state index contributed by atoms with van der Waals surface area (Å²) in [6, 6.07) is 1.74. The lowest BCUT2D eigenvalue weighted by Crippen LogP contribution is -2.22. The topological polar surface area (TPSA) is 54.2 Å². The maximum atomic E-state index is 9.03. The number of aliphatic hydroxyl groups is 1. The monoisotopic (exact) mass is 290 g/mol. The lowest BCUT2D eigenvalue weighted by molar-refractivity contribution is 0.304. The highest BCUT2D eigenvalue weighted by atomic mass is 35.5. The summed E-state index contributed by atoms with van der Waals surface area (Å²) in [7, 11) is 3.71. The molecule has 5 nitrogen and oxygen atoms in total. The number of aliphatic hydroxyl groups excluding tert-OH is 1. The second-order valence-corrected chi connectivity index (χ2v) is 4.71. The predicted octanol–water partition coefficient (Wildman–Crippen LogP) is 1.30. The molecule has 0 bridgehead atoms. The Labute approximate surface area is 122 Å². The standard InChI is InChI=1S/C14H15ClN4O/c1-18(5-6-20)13-7-14(15)16-9-12(13)4-3-11-8-17-19(2)10-11/h7-10,20H,5-6H2,1-2H3. The van der Waals surface area contributed by atoms with Crippen molar-refractivity contribution in [1.82, 2.24) is 14.8 Å². The van der Waals surface area contributed by atoms with Crippen molar-refractivity contribution in [2.75, 3.05) is 25.1 Å². The Kier molecular flexibility index (Phi) is 4.61. The molecule has 0 aliphatic heterocycles. The molecule has 0 spiro atoms. The van der Waals surface area contributed by atoms with Crippen molar-refractivity contribution in [3.8, 4) is 11.8 Å². The molecule has 0 radical (unpaired) electrons. The number of halogens is 1. The van der Waals surface area contributed by atoms with Crippen molar-refractivity contribution < 1.29 is 5.11 Å². The van der Waals surface area contributed by atoms with E-state index in [-0.39, 0.29) is 6.61 Å². The molecule has 0 amide bonds. The molecule has 0 saturated heterocycles. The lowest BCUT2D eigenvalue weighted by atomic mass is 10.2. The van der Waals surface area contributed by atoms with Crippen LogP contribution >= 0.6 is 11.6 Å². The van der Waals surface area contributed by atoms with Crippen LogP contribution in [0.1, 0.15) is 11.1 Å². The van der Waals surface area contributed by atoms with Crippen LogP contribution in [0, 0.1) is 11.8 Å². The SMILES string of the molecule is CN(CCO)c1cc(Cl)ncc1C#Cc1cnn(C)c1. The van der Waals surface area contributed by atoms with Gasteiger partial charge < -0.3 is 10.0 Å². The van der Waals surface area contributed by atoms with E-state index >= 15 is 0 Å². The maximum absolute atomic E-state index is 9.03. The minimum atomic E-state index is 0.0614. The molecular weight excluding hydrogens is 276 g/mol. The summed E-state index contributed by atoms with van der Waals surface area (Å²) in [6.07, 6.45) is 5.18. The van der Waals surface area contributed by atoms with Gasteiger partial charge in [-0.2, -0.15) is 5.10 Å². The van der Waals surface area contributed by atoms with Gasteiger partial charge in [0.05, 0.1) is 29.6 Å². The number of rotatable bonds is 3. The van der Waals surface area contributed by atoms with Gasteiger partial charge >= 0.3 is 0 Å². The van der Waals surface area contributed by atoms with E-state index in [0.717, 1.165) is 16.8 Å². The molecule has 2 aromatic heterocycles. The molecule has 104 valence electrons. The molecule has 0 fully saturated rings. The van der Waals surface area contributed by atoms with Crippen molar-refractivity contribution in [1.29, 1.82) is 0 Å². The van der Waals surface area contributed by atoms with Gasteiger partial charge in [-0.25, -0.2) is 4.98 Å². The van der Waals surface area contributed by atoms with Crippen LogP contribution in [0.25, 0.3) is 0 Å². The van der Waals surface area contributed by atoms with Crippen molar-refractivity contribution in [3.05, 3.63) is 40.9 Å². The van der Waals surface area contributed by atoms with E-state index in [9.17, 15) is 0 Å². The first kappa shape index (κ1) is 14.4. The number of anilines is 1. The quantitative estimate of drug-likeness (QED) is 0.684. The first-order valence-corrected chi connectivity index (χ1v) is 6.46. The summed E-state index contributed by atoms with van der Waals surface area (Å²) in [5.41, 5.74) is 2.43. The summed E-state index contributed by atoms with van der Waals surface area (Å²) in [6.45, 7) is 0.563. The lowest BCUT2D eigenvalue weighted by Gasteiger charge is -2.19. The van der Waals surface area contributed by atoms with Crippen LogP contribution < -0.4 is 4.90 Å². The van der Waals surface area contributed by atoms with Gasteiger partial charge in [-0.3, -0.25) is 4.68 Å². The Hall–Kier alpha value is -2.03. The summed E-state index contributed by atoms with van der Waals surface area (Å²) < 4.78 is 1.70. The highest BCUT2D eigenvalue weighted by Crippen LogP contribution is 2.21. The maximum Gasteiger partial charge on any atom is 0.131 e. The molecule has 2 rings (SSSR count). The van der Waals surface area contributed by atoms with Crippen LogP contribution in [0.3, 0.4) is 0 Å². The average molecular weight is 291 g/mol. The third kappa shape index (κ3) is 3.50. The number of likely N-dealkylation sites (N-methyl/N-ethyl adjacent to an activating group) is 1. The van der Waals surface area contributed by atoms with Gasteiger partial charge in [0.1, 0.15) is 5.15 Å². The Balaban J connectivity index is 2.34. The highest BCUT2D eigenvalue weighted by molar-refractivity contribution is 6.29. The Morgan fingerprint density at radius 3 is 2.85 bits per heavy atom. The molecule has 0 aromatic carbocycles. The van der Waals surface area contributed by atoms with Crippen LogP contribution in [0.4, 0.5) is 5.69 Å². The number of aryl methyl sites for hydroxylation is 1. The third-order valence-corrected chi connectivity index (χ3v) is 2.95. The van der Waals surface area contributed by atoms with E-state index in [2.05, 4.69) is 21.9 Å². The van der Waals surface area contributed by atoms with Gasteiger partial charge in [0.15, 0.2) is 0 Å². The van der Waals surface area contributed by atoms with Crippen LogP contribution in [-0.4, -0.2) is 40.1 Å². The number of hydrogen-bond acceptors (Lipinski definition) is 4. The second kappa shape index (κ2) is 6.42. The molecule has 0 aliphatic rings. The Morgan fingerprint density at radius 1 is 1.40 bits per heavy atom. The average Bonchev–Trinajstić information content (AvgIpc) is 2.83. The van der Waals surface area contributed by atoms with Crippen LogP contribution in [0.5, 0.6) is 0 Å². The molecule has 2 aromatic rings. The first-order chi connectivity index (χ1) is 9.60. The fourth-order valence-corrected chi connectivity index (χ4v) is 1.88. The molecule has 1 N–H and O–H groups in total. The van der Waals surface area contributed by atoms with Crippen LogP contribution in [0.2, 0.25) is 5.15 Å². The molecular formula is C14H15ClN4O. The largest absolute Gasteiger partial charge is 0.395 e. The number of hydrogen-bond donors (Lipinski definition) is 1. The van der Waals surface area contributed by atoms with Gasteiger partial charge in [0, 0.05) is 39.1 Å². The molecule has 2 heterocycles.